The summed E-state index contributed by atoms with van der Waals surface area (Å²) >= 11 is 1.63. The van der Waals surface area contributed by atoms with Crippen LogP contribution < -0.4 is 9.47 Å². The molecule has 0 aliphatic heterocycles. The van der Waals surface area contributed by atoms with Gasteiger partial charge in [0.1, 0.15) is 17.2 Å². The predicted molar refractivity (Wildman–Crippen MR) is 157 cm³/mol. The van der Waals surface area contributed by atoms with Crippen molar-refractivity contribution in [1.82, 2.24) is 0 Å². The fourth-order valence-corrected chi connectivity index (χ4v) is 8.96. The molecule has 6 rings (SSSR count). The summed E-state index contributed by atoms with van der Waals surface area (Å²) in [6, 6.07) is 23.2. The molecule has 4 aromatic rings. The van der Waals surface area contributed by atoms with Gasteiger partial charge in [0.15, 0.2) is 0 Å². The summed E-state index contributed by atoms with van der Waals surface area (Å²) in [7, 11) is 3.39. The number of aromatic hydroxyl groups is 1. The number of rotatable bonds is 4. The lowest BCUT2D eigenvalue weighted by Gasteiger charge is -2.51. The highest BCUT2D eigenvalue weighted by Gasteiger charge is 2.53. The molecule has 2 aliphatic carbocycles. The van der Waals surface area contributed by atoms with Crippen molar-refractivity contribution < 1.29 is 14.6 Å². The lowest BCUT2D eigenvalue weighted by atomic mass is 9.52. The Morgan fingerprint density at radius 2 is 1.34 bits per heavy atom. The van der Waals surface area contributed by atoms with Gasteiger partial charge in [-0.05, 0) is 88.1 Å². The van der Waals surface area contributed by atoms with Crippen LogP contribution in [0.25, 0.3) is 21.9 Å². The lowest BCUT2D eigenvalue weighted by Crippen LogP contribution is -2.43. The molecule has 1 fully saturated rings. The maximum atomic E-state index is 11.5. The van der Waals surface area contributed by atoms with Gasteiger partial charge in [0, 0.05) is 10.8 Å². The molecule has 4 aromatic carbocycles. The first kappa shape index (κ1) is 25.2. The number of phenolic OH excluding ortho intramolecular Hbond substituents is 1. The van der Waals surface area contributed by atoms with Crippen LogP contribution in [0.3, 0.4) is 0 Å². The van der Waals surface area contributed by atoms with E-state index in [4.69, 9.17) is 9.47 Å². The summed E-state index contributed by atoms with van der Waals surface area (Å²) in [4.78, 5) is 2.03. The minimum Gasteiger partial charge on any atom is -0.507 e. The number of phenols is 1. The smallest absolute Gasteiger partial charge is 0.133 e. The van der Waals surface area contributed by atoms with E-state index in [1.165, 1.54) is 28.7 Å². The molecule has 1 N–H and O–H groups in total. The Bertz CT molecular complexity index is 1550. The third kappa shape index (κ3) is 3.88. The normalized spacial score (nSPS) is 18.3. The molecule has 38 heavy (non-hydrogen) atoms. The van der Waals surface area contributed by atoms with Gasteiger partial charge in [0.2, 0.25) is 0 Å². The van der Waals surface area contributed by atoms with Crippen molar-refractivity contribution in [3.8, 4) is 28.4 Å². The van der Waals surface area contributed by atoms with Gasteiger partial charge in [-0.25, -0.2) is 0 Å². The van der Waals surface area contributed by atoms with E-state index in [9.17, 15) is 5.11 Å². The Hall–Kier alpha value is -3.11. The SMILES string of the molecule is COc1ccccc1Sc1cc2c3c(cc(O)c2cc1OC)C1(CC(C)(C)CC(C)(C)C1)c1ccccc1-3. The van der Waals surface area contributed by atoms with Crippen LogP contribution in [0.2, 0.25) is 0 Å². The molecule has 0 saturated heterocycles. The van der Waals surface area contributed by atoms with Gasteiger partial charge in [0.25, 0.3) is 0 Å². The maximum Gasteiger partial charge on any atom is 0.133 e. The van der Waals surface area contributed by atoms with E-state index in [2.05, 4.69) is 70.2 Å². The molecule has 1 spiro atoms. The summed E-state index contributed by atoms with van der Waals surface area (Å²) in [5, 5.41) is 13.4. The van der Waals surface area contributed by atoms with E-state index in [1.54, 1.807) is 26.0 Å². The highest BCUT2D eigenvalue weighted by Crippen LogP contribution is 2.65. The molecule has 2 aliphatic rings. The standard InChI is InChI=1S/C34H36O3S/c1-32(2)18-33(3,4)20-34(19-32)24-12-8-7-11-21(24)31-23-16-30(38-29-14-10-9-13-27(29)36-5)28(37-6)15-22(23)26(35)17-25(31)34/h7-17,35H,18-20H2,1-6H3. The van der Waals surface area contributed by atoms with Crippen molar-refractivity contribution in [2.24, 2.45) is 10.8 Å². The van der Waals surface area contributed by atoms with E-state index in [1.807, 2.05) is 24.3 Å². The topological polar surface area (TPSA) is 38.7 Å². The highest BCUT2D eigenvalue weighted by atomic mass is 32.2. The fourth-order valence-electron chi connectivity index (χ4n) is 7.90. The van der Waals surface area contributed by atoms with E-state index >= 15 is 0 Å². The number of fused-ring (bicyclic) bond motifs is 7. The van der Waals surface area contributed by atoms with E-state index < -0.39 is 0 Å². The van der Waals surface area contributed by atoms with Gasteiger partial charge >= 0.3 is 0 Å². The van der Waals surface area contributed by atoms with Crippen LogP contribution in [0.5, 0.6) is 17.2 Å². The predicted octanol–water partition coefficient (Wildman–Crippen LogP) is 9.22. The molecule has 0 heterocycles. The quantitative estimate of drug-likeness (QED) is 0.289. The molecule has 0 atom stereocenters. The van der Waals surface area contributed by atoms with Gasteiger partial charge in [0.05, 0.1) is 24.0 Å². The highest BCUT2D eigenvalue weighted by molar-refractivity contribution is 7.99. The molecule has 0 unspecified atom stereocenters. The third-order valence-corrected chi connectivity index (χ3v) is 9.53. The number of hydrogen-bond donors (Lipinski definition) is 1. The van der Waals surface area contributed by atoms with Crippen molar-refractivity contribution >= 4 is 22.5 Å². The fraction of sp³-hybridized carbons (Fsp3) is 0.353. The molecule has 1 saturated carbocycles. The molecular formula is C34H36O3S. The summed E-state index contributed by atoms with van der Waals surface area (Å²) in [6.45, 7) is 9.63. The van der Waals surface area contributed by atoms with Crippen molar-refractivity contribution in [2.45, 2.75) is 62.2 Å². The van der Waals surface area contributed by atoms with Crippen LogP contribution in [0.15, 0.2) is 76.5 Å². The van der Waals surface area contributed by atoms with Crippen LogP contribution in [0.1, 0.15) is 58.1 Å². The lowest BCUT2D eigenvalue weighted by molar-refractivity contribution is 0.0645. The second kappa shape index (κ2) is 8.71. The molecule has 196 valence electrons. The van der Waals surface area contributed by atoms with E-state index in [0.29, 0.717) is 5.75 Å². The van der Waals surface area contributed by atoms with Crippen LogP contribution in [-0.2, 0) is 5.41 Å². The van der Waals surface area contributed by atoms with Crippen LogP contribution in [0, 0.1) is 10.8 Å². The van der Waals surface area contributed by atoms with Gasteiger partial charge in [-0.3, -0.25) is 0 Å². The van der Waals surface area contributed by atoms with Crippen molar-refractivity contribution in [3.63, 3.8) is 0 Å². The first-order valence-electron chi connectivity index (χ1n) is 13.4. The Labute approximate surface area is 230 Å². The van der Waals surface area contributed by atoms with Gasteiger partial charge < -0.3 is 14.6 Å². The van der Waals surface area contributed by atoms with Crippen LogP contribution in [-0.4, -0.2) is 19.3 Å². The Morgan fingerprint density at radius 1 is 0.684 bits per heavy atom. The number of methoxy groups -OCH3 is 2. The minimum atomic E-state index is -0.126. The van der Waals surface area contributed by atoms with Crippen molar-refractivity contribution in [3.05, 3.63) is 77.9 Å². The van der Waals surface area contributed by atoms with Gasteiger partial charge in [-0.2, -0.15) is 0 Å². The minimum absolute atomic E-state index is 0.126. The molecule has 0 bridgehead atoms. The second-order valence-electron chi connectivity index (χ2n) is 12.6. The first-order valence-corrected chi connectivity index (χ1v) is 14.2. The summed E-state index contributed by atoms with van der Waals surface area (Å²) in [5.74, 6) is 1.89. The number of para-hydroxylation sites is 1. The largest absolute Gasteiger partial charge is 0.507 e. The number of benzene rings is 4. The van der Waals surface area contributed by atoms with Gasteiger partial charge in [-0.1, -0.05) is 75.9 Å². The number of ether oxygens (including phenoxy) is 2. The van der Waals surface area contributed by atoms with Crippen molar-refractivity contribution in [1.29, 1.82) is 0 Å². The maximum absolute atomic E-state index is 11.5. The average molecular weight is 525 g/mol. The molecule has 4 heteroatoms. The Balaban J connectivity index is 1.64. The summed E-state index contributed by atoms with van der Waals surface area (Å²) in [6.07, 6.45) is 3.32. The average Bonchev–Trinajstić information content (AvgIpc) is 3.10. The Kier molecular flexibility index (Phi) is 5.77. The van der Waals surface area contributed by atoms with Gasteiger partial charge in [-0.15, -0.1) is 0 Å². The molecule has 0 aromatic heterocycles. The van der Waals surface area contributed by atoms with Crippen molar-refractivity contribution in [2.75, 3.05) is 14.2 Å². The van der Waals surface area contributed by atoms with Crippen LogP contribution >= 0.6 is 11.8 Å². The second-order valence-corrected chi connectivity index (χ2v) is 13.7. The first-order chi connectivity index (χ1) is 18.1. The summed E-state index contributed by atoms with van der Waals surface area (Å²) < 4.78 is 11.5. The molecular weight excluding hydrogens is 488 g/mol. The zero-order valence-corrected chi connectivity index (χ0v) is 24.0. The Morgan fingerprint density at radius 3 is 2.05 bits per heavy atom. The third-order valence-electron chi connectivity index (χ3n) is 8.43. The van der Waals surface area contributed by atoms with E-state index in [0.717, 1.165) is 44.9 Å². The van der Waals surface area contributed by atoms with Crippen LogP contribution in [0.4, 0.5) is 0 Å². The zero-order chi connectivity index (χ0) is 26.9. The molecule has 0 radical (unpaired) electrons. The number of hydrogen-bond acceptors (Lipinski definition) is 4. The summed E-state index contributed by atoms with van der Waals surface area (Å²) in [5.41, 5.74) is 5.46. The monoisotopic (exact) mass is 524 g/mol. The molecule has 3 nitrogen and oxygen atoms in total. The van der Waals surface area contributed by atoms with E-state index in [-0.39, 0.29) is 16.2 Å². The zero-order valence-electron chi connectivity index (χ0n) is 23.1. The molecule has 0 amide bonds.